The first-order chi connectivity index (χ1) is 9.24. The second-order valence-corrected chi connectivity index (χ2v) is 6.44. The molecule has 0 atom stereocenters. The molecule has 1 saturated carbocycles. The number of nitrogens with one attached hydrogen (secondary N) is 1. The van der Waals surface area contributed by atoms with Crippen molar-refractivity contribution in [1.82, 2.24) is 15.3 Å². The molecule has 3 rings (SSSR count). The maximum absolute atomic E-state index is 4.93. The molecule has 1 aromatic heterocycles. The van der Waals surface area contributed by atoms with Crippen LogP contribution in [0.1, 0.15) is 68.2 Å². The summed E-state index contributed by atoms with van der Waals surface area (Å²) < 4.78 is 0. The van der Waals surface area contributed by atoms with Crippen molar-refractivity contribution in [1.29, 1.82) is 0 Å². The molecular weight excluding hydrogens is 234 g/mol. The summed E-state index contributed by atoms with van der Waals surface area (Å²) in [6.45, 7) is 6.59. The van der Waals surface area contributed by atoms with Gasteiger partial charge in [-0.1, -0.05) is 20.3 Å². The third-order valence-corrected chi connectivity index (χ3v) is 4.45. The fourth-order valence-corrected chi connectivity index (χ4v) is 2.97. The van der Waals surface area contributed by atoms with Gasteiger partial charge in [0.05, 0.1) is 11.4 Å². The van der Waals surface area contributed by atoms with E-state index in [-0.39, 0.29) is 0 Å². The number of hydrogen-bond donors (Lipinski definition) is 1. The first kappa shape index (κ1) is 13.0. The van der Waals surface area contributed by atoms with Gasteiger partial charge in [-0.05, 0) is 25.2 Å². The van der Waals surface area contributed by atoms with Gasteiger partial charge < -0.3 is 5.32 Å². The molecule has 0 saturated heterocycles. The van der Waals surface area contributed by atoms with Gasteiger partial charge >= 0.3 is 0 Å². The molecule has 0 aromatic carbocycles. The van der Waals surface area contributed by atoms with Gasteiger partial charge in [-0.15, -0.1) is 0 Å². The number of fused-ring (bicyclic) bond motifs is 1. The van der Waals surface area contributed by atoms with Crippen molar-refractivity contribution in [3.8, 4) is 0 Å². The van der Waals surface area contributed by atoms with Crippen molar-refractivity contribution in [2.24, 2.45) is 5.92 Å². The molecule has 1 aliphatic heterocycles. The highest BCUT2D eigenvalue weighted by molar-refractivity contribution is 5.31. The van der Waals surface area contributed by atoms with Crippen LogP contribution in [0.3, 0.4) is 0 Å². The topological polar surface area (TPSA) is 37.8 Å². The van der Waals surface area contributed by atoms with E-state index in [0.717, 1.165) is 43.6 Å². The van der Waals surface area contributed by atoms with Gasteiger partial charge in [0.2, 0.25) is 0 Å². The highest BCUT2D eigenvalue weighted by atomic mass is 15.0. The Bertz CT molecular complexity index is 450. The predicted molar refractivity (Wildman–Crippen MR) is 77.2 cm³/mol. The van der Waals surface area contributed by atoms with Crippen molar-refractivity contribution in [2.75, 3.05) is 6.54 Å². The lowest BCUT2D eigenvalue weighted by atomic mass is 9.80. The van der Waals surface area contributed by atoms with E-state index in [0.29, 0.717) is 0 Å². The van der Waals surface area contributed by atoms with Crippen LogP contribution in [-0.2, 0) is 19.4 Å². The van der Waals surface area contributed by atoms with Gasteiger partial charge in [0, 0.05) is 37.4 Å². The van der Waals surface area contributed by atoms with Crippen molar-refractivity contribution < 1.29 is 0 Å². The Kier molecular flexibility index (Phi) is 3.83. The van der Waals surface area contributed by atoms with E-state index in [9.17, 15) is 0 Å². The van der Waals surface area contributed by atoms with E-state index in [4.69, 9.17) is 9.97 Å². The Labute approximate surface area is 116 Å². The van der Waals surface area contributed by atoms with Crippen molar-refractivity contribution in [2.45, 2.75) is 64.8 Å². The standard InChI is InChI=1S/C16H25N3/c1-11(2)6-7-15-18-14-8-9-17-10-13(14)16(19-15)12-4-3-5-12/h11-12,17H,3-10H2,1-2H3. The predicted octanol–water partition coefficient (Wildman–Crippen LogP) is 2.98. The fraction of sp³-hybridized carbons (Fsp3) is 0.750. The minimum Gasteiger partial charge on any atom is -0.312 e. The lowest BCUT2D eigenvalue weighted by molar-refractivity contribution is 0.401. The first-order valence-corrected chi connectivity index (χ1v) is 7.83. The number of aromatic nitrogens is 2. The molecule has 3 heteroatoms. The zero-order valence-corrected chi connectivity index (χ0v) is 12.2. The zero-order valence-electron chi connectivity index (χ0n) is 12.2. The van der Waals surface area contributed by atoms with Crippen LogP contribution in [0.25, 0.3) is 0 Å². The third kappa shape index (κ3) is 2.81. The van der Waals surface area contributed by atoms with Crippen LogP contribution in [0.2, 0.25) is 0 Å². The molecule has 1 N–H and O–H groups in total. The highest BCUT2D eigenvalue weighted by Crippen LogP contribution is 2.38. The molecule has 19 heavy (non-hydrogen) atoms. The summed E-state index contributed by atoms with van der Waals surface area (Å²) in [5, 5.41) is 3.47. The maximum atomic E-state index is 4.93. The summed E-state index contributed by atoms with van der Waals surface area (Å²) in [4.78, 5) is 9.76. The van der Waals surface area contributed by atoms with Crippen LogP contribution in [-0.4, -0.2) is 16.5 Å². The number of nitrogens with zero attached hydrogens (tertiary/aromatic N) is 2. The summed E-state index contributed by atoms with van der Waals surface area (Å²) in [5.74, 6) is 2.54. The Morgan fingerprint density at radius 2 is 2.11 bits per heavy atom. The average Bonchev–Trinajstić information content (AvgIpc) is 2.34. The molecule has 1 aliphatic carbocycles. The summed E-state index contributed by atoms with van der Waals surface area (Å²) in [5.41, 5.74) is 4.13. The van der Waals surface area contributed by atoms with Crippen LogP contribution >= 0.6 is 0 Å². The summed E-state index contributed by atoms with van der Waals surface area (Å²) in [6.07, 6.45) is 7.34. The van der Waals surface area contributed by atoms with Crippen LogP contribution in [0.15, 0.2) is 0 Å². The van der Waals surface area contributed by atoms with E-state index in [1.165, 1.54) is 42.6 Å². The fourth-order valence-electron chi connectivity index (χ4n) is 2.97. The molecule has 0 bridgehead atoms. The molecule has 0 amide bonds. The quantitative estimate of drug-likeness (QED) is 0.903. The Morgan fingerprint density at radius 1 is 1.26 bits per heavy atom. The number of rotatable bonds is 4. The lowest BCUT2D eigenvalue weighted by Gasteiger charge is -2.30. The zero-order chi connectivity index (χ0) is 13.2. The minimum atomic E-state index is 0.717. The molecular formula is C16H25N3. The van der Waals surface area contributed by atoms with Crippen LogP contribution in [0.5, 0.6) is 0 Å². The van der Waals surface area contributed by atoms with E-state index >= 15 is 0 Å². The molecule has 3 nitrogen and oxygen atoms in total. The lowest BCUT2D eigenvalue weighted by Crippen LogP contribution is -2.29. The van der Waals surface area contributed by atoms with Gasteiger partial charge in [-0.25, -0.2) is 9.97 Å². The normalized spacial score (nSPS) is 19.3. The number of hydrogen-bond acceptors (Lipinski definition) is 3. The van der Waals surface area contributed by atoms with Crippen LogP contribution in [0.4, 0.5) is 0 Å². The van der Waals surface area contributed by atoms with E-state index < -0.39 is 0 Å². The molecule has 2 heterocycles. The summed E-state index contributed by atoms with van der Waals surface area (Å²) >= 11 is 0. The molecule has 1 aromatic rings. The Morgan fingerprint density at radius 3 is 2.79 bits per heavy atom. The molecule has 0 unspecified atom stereocenters. The largest absolute Gasteiger partial charge is 0.312 e. The smallest absolute Gasteiger partial charge is 0.128 e. The van der Waals surface area contributed by atoms with Gasteiger partial charge in [0.1, 0.15) is 5.82 Å². The minimum absolute atomic E-state index is 0.717. The summed E-state index contributed by atoms with van der Waals surface area (Å²) in [7, 11) is 0. The van der Waals surface area contributed by atoms with E-state index in [1.807, 2.05) is 0 Å². The van der Waals surface area contributed by atoms with E-state index in [1.54, 1.807) is 0 Å². The summed E-state index contributed by atoms with van der Waals surface area (Å²) in [6, 6.07) is 0. The maximum Gasteiger partial charge on any atom is 0.128 e. The second-order valence-electron chi connectivity index (χ2n) is 6.44. The van der Waals surface area contributed by atoms with Crippen molar-refractivity contribution in [3.63, 3.8) is 0 Å². The SMILES string of the molecule is CC(C)CCc1nc2c(c(C3CCC3)n1)CNCC2. The van der Waals surface area contributed by atoms with Crippen molar-refractivity contribution in [3.05, 3.63) is 22.8 Å². The molecule has 0 radical (unpaired) electrons. The highest BCUT2D eigenvalue weighted by Gasteiger charge is 2.27. The molecule has 2 aliphatic rings. The first-order valence-electron chi connectivity index (χ1n) is 7.83. The number of aryl methyl sites for hydroxylation is 1. The van der Waals surface area contributed by atoms with Crippen LogP contribution < -0.4 is 5.32 Å². The monoisotopic (exact) mass is 259 g/mol. The Hall–Kier alpha value is -0.960. The van der Waals surface area contributed by atoms with Gasteiger partial charge in [0.25, 0.3) is 0 Å². The molecule has 104 valence electrons. The van der Waals surface area contributed by atoms with Gasteiger partial charge in [-0.2, -0.15) is 0 Å². The second kappa shape index (κ2) is 5.58. The van der Waals surface area contributed by atoms with Crippen LogP contribution in [0, 0.1) is 5.92 Å². The molecule has 1 fully saturated rings. The van der Waals surface area contributed by atoms with Gasteiger partial charge in [0.15, 0.2) is 0 Å². The third-order valence-electron chi connectivity index (χ3n) is 4.45. The van der Waals surface area contributed by atoms with Gasteiger partial charge in [-0.3, -0.25) is 0 Å². The van der Waals surface area contributed by atoms with Crippen molar-refractivity contribution >= 4 is 0 Å². The Balaban J connectivity index is 1.88. The average molecular weight is 259 g/mol. The van der Waals surface area contributed by atoms with E-state index in [2.05, 4.69) is 19.2 Å². The molecule has 0 spiro atoms.